The minimum Gasteiger partial charge on any atom is -0.399 e. The number of hydrogen-bond donors (Lipinski definition) is 2. The maximum atomic E-state index is 11.5. The molecule has 4 N–H and O–H groups in total. The van der Waals surface area contributed by atoms with Gasteiger partial charge in [-0.25, -0.2) is 13.6 Å². The fourth-order valence-corrected chi connectivity index (χ4v) is 4.15. The fourth-order valence-electron chi connectivity index (χ4n) is 1.25. The third-order valence-corrected chi connectivity index (χ3v) is 5.02. The summed E-state index contributed by atoms with van der Waals surface area (Å²) >= 11 is 2.58. The predicted octanol–water partition coefficient (Wildman–Crippen LogP) is 1.23. The second-order valence-corrected chi connectivity index (χ2v) is 7.44. The average molecular weight is 302 g/mol. The lowest BCUT2D eigenvalue weighted by molar-refractivity contribution is 0.596. The summed E-state index contributed by atoms with van der Waals surface area (Å²) in [5, 5.41) is 13.8. The summed E-state index contributed by atoms with van der Waals surface area (Å²) in [7, 11) is -3.81. The Kier molecular flexibility index (Phi) is 3.57. The van der Waals surface area contributed by atoms with Crippen molar-refractivity contribution in [3.63, 3.8) is 0 Å². The number of primary sulfonamides is 1. The van der Waals surface area contributed by atoms with Crippen molar-refractivity contribution < 1.29 is 8.42 Å². The van der Waals surface area contributed by atoms with Crippen LogP contribution in [-0.2, 0) is 10.0 Å². The highest BCUT2D eigenvalue weighted by molar-refractivity contribution is 8.01. The molecule has 0 saturated heterocycles. The van der Waals surface area contributed by atoms with E-state index < -0.39 is 10.0 Å². The van der Waals surface area contributed by atoms with Gasteiger partial charge < -0.3 is 5.73 Å². The maximum Gasteiger partial charge on any atom is 0.239 e. The topological polar surface area (TPSA) is 112 Å². The number of nitrogens with two attached hydrogens (primary N) is 2. The Balaban J connectivity index is 2.45. The zero-order valence-electron chi connectivity index (χ0n) is 9.32. The first-order valence-corrected chi connectivity index (χ1v) is 7.94. The van der Waals surface area contributed by atoms with Crippen molar-refractivity contribution in [2.75, 3.05) is 5.73 Å². The van der Waals surface area contributed by atoms with Gasteiger partial charge >= 0.3 is 0 Å². The van der Waals surface area contributed by atoms with E-state index in [9.17, 15) is 8.42 Å². The second kappa shape index (κ2) is 4.84. The molecule has 0 spiro atoms. The molecule has 0 bridgehead atoms. The third kappa shape index (κ3) is 2.99. The molecule has 18 heavy (non-hydrogen) atoms. The molecule has 0 aliphatic carbocycles. The van der Waals surface area contributed by atoms with Crippen molar-refractivity contribution in [3.8, 4) is 0 Å². The van der Waals surface area contributed by atoms with Gasteiger partial charge in [0.1, 0.15) is 5.01 Å². The van der Waals surface area contributed by atoms with Crippen molar-refractivity contribution in [3.05, 3.63) is 23.2 Å². The monoisotopic (exact) mass is 302 g/mol. The highest BCUT2D eigenvalue weighted by Crippen LogP contribution is 2.34. The van der Waals surface area contributed by atoms with Gasteiger partial charge in [-0.1, -0.05) is 23.1 Å². The highest BCUT2D eigenvalue weighted by atomic mass is 32.2. The second-order valence-electron chi connectivity index (χ2n) is 3.44. The van der Waals surface area contributed by atoms with Crippen LogP contribution in [0, 0.1) is 6.92 Å². The molecule has 1 heterocycles. The van der Waals surface area contributed by atoms with Gasteiger partial charge in [-0.15, -0.1) is 10.2 Å². The van der Waals surface area contributed by atoms with Crippen LogP contribution in [0.15, 0.2) is 32.3 Å². The molecule has 0 radical (unpaired) electrons. The summed E-state index contributed by atoms with van der Waals surface area (Å²) < 4.78 is 23.6. The SMILES string of the molecule is Cc1nnc(Sc2ccc(N)cc2S(N)(=O)=O)s1. The summed E-state index contributed by atoms with van der Waals surface area (Å²) in [6.07, 6.45) is 0. The number of sulfonamides is 1. The highest BCUT2D eigenvalue weighted by Gasteiger charge is 2.16. The third-order valence-electron chi connectivity index (χ3n) is 1.98. The van der Waals surface area contributed by atoms with Crippen molar-refractivity contribution >= 4 is 38.8 Å². The summed E-state index contributed by atoms with van der Waals surface area (Å²) in [4.78, 5) is 0.489. The minimum absolute atomic E-state index is 0.000327. The van der Waals surface area contributed by atoms with Crippen LogP contribution in [0.1, 0.15) is 5.01 Å². The van der Waals surface area contributed by atoms with Gasteiger partial charge in [-0.2, -0.15) is 0 Å². The van der Waals surface area contributed by atoms with E-state index in [-0.39, 0.29) is 4.90 Å². The molecular formula is C9H10N4O2S3. The summed E-state index contributed by atoms with van der Waals surface area (Å²) in [5.41, 5.74) is 5.91. The Hall–Kier alpha value is -1.16. The van der Waals surface area contributed by atoms with E-state index in [0.29, 0.717) is 14.9 Å². The van der Waals surface area contributed by atoms with Crippen LogP contribution in [0.4, 0.5) is 5.69 Å². The molecule has 0 aliphatic rings. The number of hydrogen-bond acceptors (Lipinski definition) is 7. The summed E-state index contributed by atoms with van der Waals surface area (Å²) in [5.74, 6) is 0. The molecule has 2 rings (SSSR count). The number of benzene rings is 1. The number of aryl methyl sites for hydroxylation is 1. The molecule has 0 aliphatic heterocycles. The lowest BCUT2D eigenvalue weighted by atomic mass is 10.3. The lowest BCUT2D eigenvalue weighted by Crippen LogP contribution is -2.13. The number of aromatic nitrogens is 2. The summed E-state index contributed by atoms with van der Waals surface area (Å²) in [6.45, 7) is 1.82. The summed E-state index contributed by atoms with van der Waals surface area (Å²) in [6, 6.07) is 4.56. The maximum absolute atomic E-state index is 11.5. The zero-order valence-corrected chi connectivity index (χ0v) is 11.8. The van der Waals surface area contributed by atoms with Gasteiger partial charge in [0, 0.05) is 10.6 Å². The molecular weight excluding hydrogens is 292 g/mol. The molecule has 9 heteroatoms. The Morgan fingerprint density at radius 2 is 2.06 bits per heavy atom. The molecule has 0 unspecified atom stereocenters. The van der Waals surface area contributed by atoms with Crippen molar-refractivity contribution in [1.29, 1.82) is 0 Å². The van der Waals surface area contributed by atoms with Crippen LogP contribution >= 0.6 is 23.1 Å². The Labute approximate surface area is 112 Å². The van der Waals surface area contributed by atoms with E-state index in [1.165, 1.54) is 29.2 Å². The van der Waals surface area contributed by atoms with Crippen LogP contribution in [0.2, 0.25) is 0 Å². The molecule has 96 valence electrons. The van der Waals surface area contributed by atoms with Crippen LogP contribution in [0.25, 0.3) is 0 Å². The largest absolute Gasteiger partial charge is 0.399 e. The van der Waals surface area contributed by atoms with E-state index in [2.05, 4.69) is 10.2 Å². The number of nitrogens with zero attached hydrogens (tertiary/aromatic N) is 2. The predicted molar refractivity (Wildman–Crippen MR) is 71.0 cm³/mol. The first kappa shape index (κ1) is 13.3. The van der Waals surface area contributed by atoms with Crippen molar-refractivity contribution in [2.24, 2.45) is 5.14 Å². The number of rotatable bonds is 3. The smallest absolute Gasteiger partial charge is 0.239 e. The molecule has 1 aromatic carbocycles. The van der Waals surface area contributed by atoms with Gasteiger partial charge in [-0.05, 0) is 25.1 Å². The molecule has 0 saturated carbocycles. The Bertz CT molecular complexity index is 681. The van der Waals surface area contributed by atoms with Gasteiger partial charge in [0.05, 0.1) is 4.90 Å². The molecule has 6 nitrogen and oxygen atoms in total. The van der Waals surface area contributed by atoms with E-state index >= 15 is 0 Å². The molecule has 2 aromatic rings. The van der Waals surface area contributed by atoms with Gasteiger partial charge in [-0.3, -0.25) is 0 Å². The van der Waals surface area contributed by atoms with E-state index in [4.69, 9.17) is 10.9 Å². The molecule has 1 aromatic heterocycles. The first-order valence-electron chi connectivity index (χ1n) is 4.76. The van der Waals surface area contributed by atoms with Crippen LogP contribution in [0.3, 0.4) is 0 Å². The molecule has 0 atom stereocenters. The van der Waals surface area contributed by atoms with Crippen LogP contribution in [-0.4, -0.2) is 18.6 Å². The minimum atomic E-state index is -3.81. The Morgan fingerprint density at radius 3 is 2.61 bits per heavy atom. The van der Waals surface area contributed by atoms with Gasteiger partial charge in [0.15, 0.2) is 4.34 Å². The number of anilines is 1. The van der Waals surface area contributed by atoms with Crippen LogP contribution in [0.5, 0.6) is 0 Å². The average Bonchev–Trinajstić information content (AvgIpc) is 2.65. The first-order chi connectivity index (χ1) is 8.36. The lowest BCUT2D eigenvalue weighted by Gasteiger charge is -2.06. The quantitative estimate of drug-likeness (QED) is 0.825. The van der Waals surface area contributed by atoms with Gasteiger partial charge in [0.2, 0.25) is 10.0 Å². The van der Waals surface area contributed by atoms with Crippen molar-refractivity contribution in [1.82, 2.24) is 10.2 Å². The molecule has 0 fully saturated rings. The zero-order chi connectivity index (χ0) is 13.3. The van der Waals surface area contributed by atoms with Crippen LogP contribution < -0.4 is 10.9 Å². The standard InChI is InChI=1S/C9H10N4O2S3/c1-5-12-13-9(16-5)17-7-3-2-6(10)4-8(7)18(11,14)15/h2-4H,10H2,1H3,(H2,11,14,15). The van der Waals surface area contributed by atoms with Gasteiger partial charge in [0.25, 0.3) is 0 Å². The fraction of sp³-hybridized carbons (Fsp3) is 0.111. The normalized spacial score (nSPS) is 11.7. The number of nitrogen functional groups attached to an aromatic ring is 1. The Morgan fingerprint density at radius 1 is 1.33 bits per heavy atom. The van der Waals surface area contributed by atoms with Crippen molar-refractivity contribution in [2.45, 2.75) is 21.1 Å². The van der Waals surface area contributed by atoms with E-state index in [0.717, 1.165) is 5.01 Å². The molecule has 0 amide bonds. The van der Waals surface area contributed by atoms with E-state index in [1.807, 2.05) is 6.92 Å². The van der Waals surface area contributed by atoms with E-state index in [1.54, 1.807) is 12.1 Å².